The molecule has 1 heterocycles. The van der Waals surface area contributed by atoms with E-state index in [2.05, 4.69) is 46.1 Å². The lowest BCUT2D eigenvalue weighted by molar-refractivity contribution is -0.152. The van der Waals surface area contributed by atoms with Gasteiger partial charge in [-0.15, -0.1) is 0 Å². The van der Waals surface area contributed by atoms with Crippen LogP contribution in [0.5, 0.6) is 0 Å². The highest BCUT2D eigenvalue weighted by Gasteiger charge is 2.62. The Balaban J connectivity index is 1.33. The van der Waals surface area contributed by atoms with Crippen LogP contribution in [0.1, 0.15) is 105 Å². The Bertz CT molecular complexity index is 735. The summed E-state index contributed by atoms with van der Waals surface area (Å²) in [5.41, 5.74) is 0.905. The molecule has 5 rings (SSSR count). The van der Waals surface area contributed by atoms with Crippen LogP contribution >= 0.6 is 0 Å². The second kappa shape index (κ2) is 10.0. The summed E-state index contributed by atoms with van der Waals surface area (Å²) in [6.07, 6.45) is 15.1. The number of hydrogen-bond donors (Lipinski definition) is 1. The molecule has 0 radical (unpaired) electrons. The van der Waals surface area contributed by atoms with Gasteiger partial charge in [-0.3, -0.25) is 4.90 Å². The molecule has 5 aliphatic rings. The van der Waals surface area contributed by atoms with E-state index in [4.69, 9.17) is 4.43 Å². The highest BCUT2D eigenvalue weighted by Crippen LogP contribution is 2.68. The zero-order valence-corrected chi connectivity index (χ0v) is 25.0. The largest absolute Gasteiger partial charge is 0.414 e. The molecule has 0 spiro atoms. The number of aliphatic hydroxyl groups excluding tert-OH is 1. The Morgan fingerprint density at radius 2 is 1.63 bits per heavy atom. The second-order valence-electron chi connectivity index (χ2n) is 14.5. The third-order valence-corrected chi connectivity index (χ3v) is 17.1. The molecule has 35 heavy (non-hydrogen) atoms. The van der Waals surface area contributed by atoms with Crippen LogP contribution in [-0.4, -0.2) is 49.7 Å². The molecule has 0 aromatic rings. The topological polar surface area (TPSA) is 32.7 Å². The summed E-state index contributed by atoms with van der Waals surface area (Å²) < 4.78 is 6.97. The minimum absolute atomic E-state index is 0.0963. The molecule has 4 heteroatoms. The van der Waals surface area contributed by atoms with Crippen molar-refractivity contribution in [1.82, 2.24) is 4.90 Å². The first-order valence-corrected chi connectivity index (χ1v) is 18.6. The van der Waals surface area contributed by atoms with E-state index in [9.17, 15) is 5.11 Å². The summed E-state index contributed by atoms with van der Waals surface area (Å²) in [6, 6.07) is 2.91. The normalized spacial score (nSPS) is 47.6. The molecule has 1 aliphatic heterocycles. The van der Waals surface area contributed by atoms with Gasteiger partial charge in [-0.2, -0.15) is 0 Å². The monoisotopic (exact) mass is 503 g/mol. The fourth-order valence-electron chi connectivity index (χ4n) is 10.7. The summed E-state index contributed by atoms with van der Waals surface area (Å²) in [4.78, 5) is 2.69. The maximum atomic E-state index is 11.2. The highest BCUT2D eigenvalue weighted by molar-refractivity contribution is 6.72. The minimum Gasteiger partial charge on any atom is -0.414 e. The number of likely N-dealkylation sites (tertiary alicyclic amines) is 1. The van der Waals surface area contributed by atoms with E-state index in [1.807, 2.05) is 0 Å². The van der Waals surface area contributed by atoms with E-state index in [1.54, 1.807) is 0 Å². The molecule has 4 aliphatic carbocycles. The molecule has 0 aromatic carbocycles. The molecule has 0 amide bonds. The van der Waals surface area contributed by atoms with Crippen LogP contribution in [0.4, 0.5) is 0 Å². The molecule has 0 aromatic heterocycles. The first kappa shape index (κ1) is 26.7. The van der Waals surface area contributed by atoms with Gasteiger partial charge in [0, 0.05) is 12.1 Å². The lowest BCUT2D eigenvalue weighted by Crippen LogP contribution is -2.60. The molecule has 5 unspecified atom stereocenters. The van der Waals surface area contributed by atoms with Gasteiger partial charge in [0.25, 0.3) is 0 Å². The van der Waals surface area contributed by atoms with Gasteiger partial charge in [-0.05, 0) is 143 Å². The standard InChI is InChI=1S/C31H57NO2Si/c1-7-35(6,8-2)34-22(3)25-14-15-26-24-13-12-23-20-29(33)28(32-18-10-9-11-19-32)21-31(23,5)27(24)16-17-30(25,26)4/h22-29,33H,7-21H2,1-6H3/t22?,23?,24?,25-,26?,27?,28+,29+,30-,31+/m1/s1. The van der Waals surface area contributed by atoms with Gasteiger partial charge < -0.3 is 9.53 Å². The fraction of sp³-hybridized carbons (Fsp3) is 1.00. The van der Waals surface area contributed by atoms with E-state index in [1.165, 1.54) is 89.4 Å². The minimum atomic E-state index is -1.55. The van der Waals surface area contributed by atoms with Gasteiger partial charge in [-0.1, -0.05) is 34.1 Å². The predicted molar refractivity (Wildman–Crippen MR) is 149 cm³/mol. The molecule has 4 saturated carbocycles. The average molecular weight is 504 g/mol. The average Bonchev–Trinajstić information content (AvgIpc) is 3.22. The van der Waals surface area contributed by atoms with E-state index in [0.29, 0.717) is 23.0 Å². The van der Waals surface area contributed by atoms with Gasteiger partial charge in [0.1, 0.15) is 0 Å². The number of nitrogens with zero attached hydrogens (tertiary/aromatic N) is 1. The summed E-state index contributed by atoms with van der Waals surface area (Å²) in [5.74, 6) is 4.17. The van der Waals surface area contributed by atoms with Crippen molar-refractivity contribution in [3.8, 4) is 0 Å². The third-order valence-electron chi connectivity index (χ3n) is 13.2. The number of aliphatic hydroxyl groups is 1. The molecule has 5 fully saturated rings. The molecular formula is C31H57NO2Si. The Kier molecular flexibility index (Phi) is 7.63. The van der Waals surface area contributed by atoms with Crippen molar-refractivity contribution < 1.29 is 9.53 Å². The molecule has 0 bridgehead atoms. The molecular weight excluding hydrogens is 446 g/mol. The van der Waals surface area contributed by atoms with Gasteiger partial charge >= 0.3 is 0 Å². The van der Waals surface area contributed by atoms with Crippen molar-refractivity contribution in [1.29, 1.82) is 0 Å². The van der Waals surface area contributed by atoms with Crippen molar-refractivity contribution in [2.45, 2.75) is 142 Å². The first-order chi connectivity index (χ1) is 16.6. The van der Waals surface area contributed by atoms with E-state index in [0.717, 1.165) is 36.0 Å². The van der Waals surface area contributed by atoms with Crippen molar-refractivity contribution in [3.05, 3.63) is 0 Å². The first-order valence-electron chi connectivity index (χ1n) is 15.7. The van der Waals surface area contributed by atoms with Gasteiger partial charge in [0.2, 0.25) is 0 Å². The van der Waals surface area contributed by atoms with Crippen LogP contribution in [0.2, 0.25) is 18.6 Å². The van der Waals surface area contributed by atoms with E-state index < -0.39 is 8.32 Å². The zero-order valence-electron chi connectivity index (χ0n) is 24.0. The van der Waals surface area contributed by atoms with Crippen molar-refractivity contribution in [2.75, 3.05) is 13.1 Å². The molecule has 10 atom stereocenters. The SMILES string of the molecule is CC[Si](C)(CC)OC(C)[C@H]1CCC2C3CCC4C[C@H](O)[C@@H](N5CCCCC5)C[C@]4(C)C3CC[C@@]21C. The summed E-state index contributed by atoms with van der Waals surface area (Å²) in [5, 5.41) is 11.2. The highest BCUT2D eigenvalue weighted by atomic mass is 28.4. The maximum absolute atomic E-state index is 11.2. The zero-order chi connectivity index (χ0) is 25.0. The van der Waals surface area contributed by atoms with Gasteiger partial charge in [0.05, 0.1) is 6.10 Å². The molecule has 202 valence electrons. The van der Waals surface area contributed by atoms with Crippen LogP contribution in [0.25, 0.3) is 0 Å². The Labute approximate surface area is 218 Å². The van der Waals surface area contributed by atoms with E-state index >= 15 is 0 Å². The smallest absolute Gasteiger partial charge is 0.189 e. The fourth-order valence-corrected chi connectivity index (χ4v) is 12.6. The summed E-state index contributed by atoms with van der Waals surface area (Å²) in [6.45, 7) is 17.4. The Hall–Kier alpha value is 0.0969. The van der Waals surface area contributed by atoms with Crippen LogP contribution < -0.4 is 0 Å². The second-order valence-corrected chi connectivity index (χ2v) is 19.1. The van der Waals surface area contributed by atoms with Crippen molar-refractivity contribution >= 4 is 8.32 Å². The van der Waals surface area contributed by atoms with Gasteiger partial charge in [0.15, 0.2) is 8.32 Å². The molecule has 1 saturated heterocycles. The molecule has 1 N–H and O–H groups in total. The summed E-state index contributed by atoms with van der Waals surface area (Å²) in [7, 11) is -1.55. The lowest BCUT2D eigenvalue weighted by atomic mass is 9.44. The third kappa shape index (κ3) is 4.53. The quantitative estimate of drug-likeness (QED) is 0.381. The number of fused-ring (bicyclic) bond motifs is 5. The van der Waals surface area contributed by atoms with E-state index in [-0.39, 0.29) is 6.10 Å². The van der Waals surface area contributed by atoms with Crippen LogP contribution in [0.15, 0.2) is 0 Å². The number of piperidine rings is 1. The number of hydrogen-bond acceptors (Lipinski definition) is 3. The number of rotatable bonds is 6. The summed E-state index contributed by atoms with van der Waals surface area (Å²) >= 11 is 0. The van der Waals surface area contributed by atoms with Crippen LogP contribution in [-0.2, 0) is 4.43 Å². The van der Waals surface area contributed by atoms with Crippen LogP contribution in [0, 0.1) is 40.4 Å². The lowest BCUT2D eigenvalue weighted by Gasteiger charge is -2.63. The Morgan fingerprint density at radius 3 is 2.31 bits per heavy atom. The van der Waals surface area contributed by atoms with Crippen LogP contribution in [0.3, 0.4) is 0 Å². The van der Waals surface area contributed by atoms with Crippen molar-refractivity contribution in [2.24, 2.45) is 40.4 Å². The predicted octanol–water partition coefficient (Wildman–Crippen LogP) is 7.49. The Morgan fingerprint density at radius 1 is 0.943 bits per heavy atom. The maximum Gasteiger partial charge on any atom is 0.189 e. The van der Waals surface area contributed by atoms with Gasteiger partial charge in [-0.25, -0.2) is 0 Å². The molecule has 3 nitrogen and oxygen atoms in total. The van der Waals surface area contributed by atoms with Crippen molar-refractivity contribution in [3.63, 3.8) is 0 Å².